The Labute approximate surface area is 190 Å². The summed E-state index contributed by atoms with van der Waals surface area (Å²) in [4.78, 5) is 22.5. The Bertz CT molecular complexity index is 1080. The third-order valence-electron chi connectivity index (χ3n) is 4.61. The molecule has 0 saturated carbocycles. The van der Waals surface area contributed by atoms with Gasteiger partial charge in [-0.25, -0.2) is 18.0 Å². The van der Waals surface area contributed by atoms with Gasteiger partial charge in [0.1, 0.15) is 5.82 Å². The molecule has 1 aromatic carbocycles. The van der Waals surface area contributed by atoms with Crippen molar-refractivity contribution in [3.05, 3.63) is 46.8 Å². The lowest BCUT2D eigenvalue weighted by molar-refractivity contribution is -0.192. The first-order valence-corrected chi connectivity index (χ1v) is 9.46. The third-order valence-corrected chi connectivity index (χ3v) is 4.61. The highest BCUT2D eigenvalue weighted by atomic mass is 19.4. The van der Waals surface area contributed by atoms with Crippen LogP contribution < -0.4 is 5.73 Å². The Hall–Kier alpha value is -3.37. The first kappa shape index (κ1) is 27.9. The number of aliphatic carboxylic acids is 1. The van der Waals surface area contributed by atoms with E-state index >= 15 is 0 Å². The predicted octanol–water partition coefficient (Wildman–Crippen LogP) is 2.65. The van der Waals surface area contributed by atoms with Crippen LogP contribution in [0, 0.1) is 17.5 Å². The summed E-state index contributed by atoms with van der Waals surface area (Å²) in [7, 11) is 0. The van der Waals surface area contributed by atoms with Gasteiger partial charge in [0.2, 0.25) is 11.7 Å². The number of fused-ring (bicyclic) bond motifs is 1. The van der Waals surface area contributed by atoms with Gasteiger partial charge in [-0.3, -0.25) is 4.79 Å². The van der Waals surface area contributed by atoms with Crippen molar-refractivity contribution in [1.29, 1.82) is 0 Å². The predicted molar refractivity (Wildman–Crippen MR) is 96.7 cm³/mol. The largest absolute Gasteiger partial charge is 0.490 e. The van der Waals surface area contributed by atoms with E-state index in [2.05, 4.69) is 10.2 Å². The minimum absolute atomic E-state index is 0.000783. The molecular formula is C18H16F9N5O3. The van der Waals surface area contributed by atoms with Gasteiger partial charge in [-0.15, -0.1) is 10.2 Å². The first-order chi connectivity index (χ1) is 16.0. The zero-order chi connectivity index (χ0) is 26.7. The Kier molecular flexibility index (Phi) is 8.35. The number of aromatic nitrogens is 3. The lowest BCUT2D eigenvalue weighted by Gasteiger charge is -2.29. The van der Waals surface area contributed by atoms with E-state index in [4.69, 9.17) is 15.6 Å². The number of nitrogens with two attached hydrogens (primary N) is 1. The van der Waals surface area contributed by atoms with Crippen molar-refractivity contribution in [2.45, 2.75) is 44.3 Å². The van der Waals surface area contributed by atoms with Crippen LogP contribution in [0.15, 0.2) is 12.1 Å². The second-order valence-corrected chi connectivity index (χ2v) is 7.23. The normalized spacial score (nSPS) is 14.6. The quantitative estimate of drug-likeness (QED) is 0.473. The van der Waals surface area contributed by atoms with Crippen LogP contribution in [0.5, 0.6) is 0 Å². The van der Waals surface area contributed by atoms with E-state index < -0.39 is 53.5 Å². The number of nitrogens with zero attached hydrogens (tertiary/aromatic N) is 4. The maximum absolute atomic E-state index is 13.7. The molecule has 0 saturated heterocycles. The zero-order valence-electron chi connectivity index (χ0n) is 17.3. The number of amides is 1. The molecule has 35 heavy (non-hydrogen) atoms. The first-order valence-electron chi connectivity index (χ1n) is 9.46. The van der Waals surface area contributed by atoms with Gasteiger partial charge in [0.05, 0.1) is 6.54 Å². The molecule has 8 nitrogen and oxygen atoms in total. The summed E-state index contributed by atoms with van der Waals surface area (Å²) < 4.78 is 111. The molecule has 0 aliphatic carbocycles. The fourth-order valence-electron chi connectivity index (χ4n) is 3.01. The van der Waals surface area contributed by atoms with Crippen molar-refractivity contribution in [1.82, 2.24) is 19.7 Å². The van der Waals surface area contributed by atoms with E-state index in [1.54, 1.807) is 0 Å². The molecule has 3 rings (SSSR count). The highest BCUT2D eigenvalue weighted by Gasteiger charge is 2.40. The molecule has 1 amide bonds. The van der Waals surface area contributed by atoms with Crippen molar-refractivity contribution in [2.24, 2.45) is 5.73 Å². The van der Waals surface area contributed by atoms with Gasteiger partial charge in [0.15, 0.2) is 17.5 Å². The molecule has 2 heterocycles. The van der Waals surface area contributed by atoms with Crippen LogP contribution in [0.2, 0.25) is 0 Å². The van der Waals surface area contributed by atoms with Gasteiger partial charge in [0, 0.05) is 31.6 Å². The topological polar surface area (TPSA) is 114 Å². The van der Waals surface area contributed by atoms with E-state index in [9.17, 15) is 44.3 Å². The second-order valence-electron chi connectivity index (χ2n) is 7.23. The van der Waals surface area contributed by atoms with Crippen LogP contribution in [0.25, 0.3) is 0 Å². The molecule has 1 aromatic heterocycles. The smallest absolute Gasteiger partial charge is 0.475 e. The van der Waals surface area contributed by atoms with E-state index in [1.165, 1.54) is 4.90 Å². The maximum Gasteiger partial charge on any atom is 0.490 e. The molecule has 2 aromatic rings. The number of benzene rings is 1. The Morgan fingerprint density at radius 3 is 2.11 bits per heavy atom. The molecular weight excluding hydrogens is 505 g/mol. The molecule has 0 bridgehead atoms. The Morgan fingerprint density at radius 1 is 1.00 bits per heavy atom. The highest BCUT2D eigenvalue weighted by Crippen LogP contribution is 2.29. The number of carbonyl (C=O) groups excluding carboxylic acids is 1. The summed E-state index contributed by atoms with van der Waals surface area (Å²) >= 11 is 0. The average Bonchev–Trinajstić information content (AvgIpc) is 3.15. The van der Waals surface area contributed by atoms with Gasteiger partial charge in [-0.1, -0.05) is 0 Å². The van der Waals surface area contributed by atoms with Gasteiger partial charge in [-0.05, 0) is 18.1 Å². The van der Waals surface area contributed by atoms with Crippen LogP contribution in [-0.2, 0) is 35.3 Å². The minimum Gasteiger partial charge on any atom is -0.475 e. The lowest BCUT2D eigenvalue weighted by atomic mass is 10.0. The van der Waals surface area contributed by atoms with Gasteiger partial charge < -0.3 is 20.3 Å². The second kappa shape index (κ2) is 10.5. The molecule has 194 valence electrons. The van der Waals surface area contributed by atoms with Crippen molar-refractivity contribution < 1.29 is 54.2 Å². The highest BCUT2D eigenvalue weighted by molar-refractivity contribution is 5.77. The standard InChI is InChI=1S/C16H15F6N5O.C2HF3O2/c17-10-6-12(19)11(18)4-8(10)3-9(23)5-14(28)26-1-2-27-13(7-26)24-25-15(27)16(20,21)22;3-2(4,5)1(6)7/h4,6,9H,1-3,5,7,23H2;(H,6,7)/t9-;/m1./s1. The zero-order valence-corrected chi connectivity index (χ0v) is 17.3. The molecule has 1 aliphatic rings. The van der Waals surface area contributed by atoms with E-state index in [1.807, 2.05) is 0 Å². The monoisotopic (exact) mass is 521 g/mol. The molecule has 17 heteroatoms. The van der Waals surface area contributed by atoms with Gasteiger partial charge in [-0.2, -0.15) is 26.3 Å². The molecule has 1 aliphatic heterocycles. The van der Waals surface area contributed by atoms with Gasteiger partial charge in [0.25, 0.3) is 0 Å². The number of carboxylic acid groups (broad SMARTS) is 1. The van der Waals surface area contributed by atoms with E-state index in [0.29, 0.717) is 12.1 Å². The number of rotatable bonds is 4. The molecule has 0 fully saturated rings. The number of alkyl halides is 6. The van der Waals surface area contributed by atoms with Crippen LogP contribution >= 0.6 is 0 Å². The summed E-state index contributed by atoms with van der Waals surface area (Å²) in [6, 6.07) is 0.184. The third kappa shape index (κ3) is 7.30. The number of carboxylic acids is 1. The Balaban J connectivity index is 0.000000540. The molecule has 0 unspecified atom stereocenters. The Morgan fingerprint density at radius 2 is 1.57 bits per heavy atom. The van der Waals surface area contributed by atoms with Crippen molar-refractivity contribution in [3.8, 4) is 0 Å². The van der Waals surface area contributed by atoms with Crippen LogP contribution in [-0.4, -0.2) is 55.4 Å². The van der Waals surface area contributed by atoms with Crippen LogP contribution in [0.1, 0.15) is 23.6 Å². The fourth-order valence-corrected chi connectivity index (χ4v) is 3.01. The lowest BCUT2D eigenvalue weighted by Crippen LogP contribution is -2.42. The number of carbonyl (C=O) groups is 2. The number of hydrogen-bond donors (Lipinski definition) is 2. The van der Waals surface area contributed by atoms with Crippen LogP contribution in [0.3, 0.4) is 0 Å². The maximum atomic E-state index is 13.7. The molecule has 0 spiro atoms. The molecule has 0 radical (unpaired) electrons. The SMILES string of the molecule is N[C@@H](CC(=O)N1CCn2c(nnc2C(F)(F)F)C1)Cc1cc(F)c(F)cc1F.O=C(O)C(F)(F)F. The number of halogens is 9. The van der Waals surface area contributed by atoms with Gasteiger partial charge >= 0.3 is 18.3 Å². The van der Waals surface area contributed by atoms with Crippen molar-refractivity contribution in [2.75, 3.05) is 6.54 Å². The summed E-state index contributed by atoms with van der Waals surface area (Å²) in [6.07, 6.45) is -10.2. The summed E-state index contributed by atoms with van der Waals surface area (Å²) in [5, 5.41) is 13.7. The van der Waals surface area contributed by atoms with E-state index in [0.717, 1.165) is 4.57 Å². The van der Waals surface area contributed by atoms with Crippen molar-refractivity contribution >= 4 is 11.9 Å². The minimum atomic E-state index is -5.08. The van der Waals surface area contributed by atoms with E-state index in [-0.39, 0.29) is 43.9 Å². The fraction of sp³-hybridized carbons (Fsp3) is 0.444. The molecule has 1 atom stereocenters. The number of hydrogen-bond acceptors (Lipinski definition) is 5. The van der Waals surface area contributed by atoms with Crippen molar-refractivity contribution in [3.63, 3.8) is 0 Å². The summed E-state index contributed by atoms with van der Waals surface area (Å²) in [5.41, 5.74) is 5.64. The van der Waals surface area contributed by atoms with Crippen LogP contribution in [0.4, 0.5) is 39.5 Å². The average molecular weight is 521 g/mol. The summed E-state index contributed by atoms with van der Waals surface area (Å²) in [5.74, 6) is -7.90. The molecule has 3 N–H and O–H groups in total. The summed E-state index contributed by atoms with van der Waals surface area (Å²) in [6.45, 7) is -0.302.